The average molecular weight is 472 g/mol. The third-order valence-electron chi connectivity index (χ3n) is 5.79. The highest BCUT2D eigenvalue weighted by molar-refractivity contribution is 5.78. The molecule has 0 spiro atoms. The molecule has 0 radical (unpaired) electrons. The second kappa shape index (κ2) is 11.9. The summed E-state index contributed by atoms with van der Waals surface area (Å²) in [5, 5.41) is 4.10. The third-order valence-corrected chi connectivity index (χ3v) is 5.79. The van der Waals surface area contributed by atoms with E-state index in [1.165, 1.54) is 0 Å². The highest BCUT2D eigenvalue weighted by Gasteiger charge is 2.22. The minimum Gasteiger partial charge on any atom is -0.497 e. The molecule has 0 N–H and O–H groups in total. The lowest BCUT2D eigenvalue weighted by Gasteiger charge is -2.29. The van der Waals surface area contributed by atoms with Crippen molar-refractivity contribution in [2.24, 2.45) is 0 Å². The Hall–Kier alpha value is -3.97. The Morgan fingerprint density at radius 2 is 1.66 bits per heavy atom. The predicted octanol–water partition coefficient (Wildman–Crippen LogP) is 5.09. The summed E-state index contributed by atoms with van der Waals surface area (Å²) in [5.41, 5.74) is 2.91. The molecule has 180 valence electrons. The molecule has 0 aliphatic heterocycles. The first-order chi connectivity index (χ1) is 17.1. The Labute approximate surface area is 205 Å². The largest absolute Gasteiger partial charge is 0.497 e. The van der Waals surface area contributed by atoms with Crippen molar-refractivity contribution in [3.63, 3.8) is 0 Å². The highest BCUT2D eigenvalue weighted by Crippen LogP contribution is 2.22. The van der Waals surface area contributed by atoms with Crippen molar-refractivity contribution < 1.29 is 18.8 Å². The van der Waals surface area contributed by atoms with Crippen molar-refractivity contribution in [2.75, 3.05) is 20.3 Å². The molecule has 4 rings (SSSR count). The van der Waals surface area contributed by atoms with E-state index in [1.54, 1.807) is 12.0 Å². The van der Waals surface area contributed by atoms with Gasteiger partial charge in [0.25, 0.3) is 0 Å². The molecule has 0 saturated carbocycles. The van der Waals surface area contributed by atoms with Gasteiger partial charge in [-0.15, -0.1) is 0 Å². The number of methoxy groups -OCH3 is 1. The smallest absolute Gasteiger partial charge is 0.249 e. The lowest BCUT2D eigenvalue weighted by atomic mass is 10.1. The van der Waals surface area contributed by atoms with Gasteiger partial charge in [-0.2, -0.15) is 4.98 Å². The Morgan fingerprint density at radius 1 is 0.971 bits per heavy atom. The van der Waals surface area contributed by atoms with E-state index < -0.39 is 0 Å². The molecule has 1 unspecified atom stereocenters. The number of rotatable bonds is 11. The van der Waals surface area contributed by atoms with Gasteiger partial charge in [-0.3, -0.25) is 4.79 Å². The fraction of sp³-hybridized carbons (Fsp3) is 0.250. The zero-order valence-corrected chi connectivity index (χ0v) is 20.0. The maximum absolute atomic E-state index is 13.2. The van der Waals surface area contributed by atoms with Gasteiger partial charge >= 0.3 is 0 Å². The molecule has 7 nitrogen and oxygen atoms in total. The lowest BCUT2D eigenvalue weighted by Crippen LogP contribution is -2.37. The number of aromatic nitrogens is 2. The molecule has 3 aromatic carbocycles. The molecule has 0 fully saturated rings. The molecular weight excluding hydrogens is 442 g/mol. The summed E-state index contributed by atoms with van der Waals surface area (Å²) in [6, 6.07) is 27.1. The Bertz CT molecular complexity index is 1190. The van der Waals surface area contributed by atoms with Gasteiger partial charge in [0.2, 0.25) is 17.6 Å². The van der Waals surface area contributed by atoms with Gasteiger partial charge in [-0.05, 0) is 42.3 Å². The summed E-state index contributed by atoms with van der Waals surface area (Å²) in [4.78, 5) is 19.5. The van der Waals surface area contributed by atoms with Crippen LogP contribution in [0, 0.1) is 0 Å². The van der Waals surface area contributed by atoms with Crippen molar-refractivity contribution >= 4 is 5.91 Å². The first-order valence-corrected chi connectivity index (χ1v) is 11.6. The number of carbonyl (C=O) groups is 1. The highest BCUT2D eigenvalue weighted by atomic mass is 16.5. The monoisotopic (exact) mass is 471 g/mol. The van der Waals surface area contributed by atoms with Crippen LogP contribution >= 0.6 is 0 Å². The number of amides is 1. The average Bonchev–Trinajstić information content (AvgIpc) is 3.39. The summed E-state index contributed by atoms with van der Waals surface area (Å²) in [7, 11) is 1.62. The Kier molecular flexibility index (Phi) is 8.25. The number of hydrogen-bond donors (Lipinski definition) is 0. The Balaban J connectivity index is 1.42. The van der Waals surface area contributed by atoms with Gasteiger partial charge in [-0.1, -0.05) is 65.8 Å². The van der Waals surface area contributed by atoms with E-state index in [1.807, 2.05) is 91.9 Å². The van der Waals surface area contributed by atoms with Gasteiger partial charge in [0.05, 0.1) is 19.8 Å². The molecule has 1 atom stereocenters. The molecule has 1 aromatic heterocycles. The summed E-state index contributed by atoms with van der Waals surface area (Å²) < 4.78 is 16.4. The second-order valence-electron chi connectivity index (χ2n) is 8.14. The fourth-order valence-electron chi connectivity index (χ4n) is 3.79. The SMILES string of the molecule is COc1ccc(-c2noc(CCN(C(=O)COCc3ccccc3)C(C)c3ccccc3)n2)cc1. The molecule has 1 heterocycles. The third kappa shape index (κ3) is 6.55. The minimum atomic E-state index is -0.131. The topological polar surface area (TPSA) is 77.7 Å². The van der Waals surface area contributed by atoms with Crippen molar-refractivity contribution in [3.8, 4) is 17.1 Å². The van der Waals surface area contributed by atoms with Crippen LogP contribution in [0.15, 0.2) is 89.5 Å². The van der Waals surface area contributed by atoms with Crippen LogP contribution in [0.5, 0.6) is 5.75 Å². The van der Waals surface area contributed by atoms with Gasteiger partial charge in [0.15, 0.2) is 0 Å². The fourth-order valence-corrected chi connectivity index (χ4v) is 3.79. The van der Waals surface area contributed by atoms with Crippen LogP contribution in [0.4, 0.5) is 0 Å². The summed E-state index contributed by atoms with van der Waals surface area (Å²) >= 11 is 0. The Morgan fingerprint density at radius 3 is 2.34 bits per heavy atom. The van der Waals surface area contributed by atoms with Crippen molar-refractivity contribution in [1.82, 2.24) is 15.0 Å². The van der Waals surface area contributed by atoms with Gasteiger partial charge in [0, 0.05) is 18.5 Å². The lowest BCUT2D eigenvalue weighted by molar-refractivity contribution is -0.138. The van der Waals surface area contributed by atoms with Crippen LogP contribution in [0.25, 0.3) is 11.4 Å². The minimum absolute atomic E-state index is 0.00694. The molecule has 0 bridgehead atoms. The normalized spacial score (nSPS) is 11.7. The molecule has 0 aliphatic carbocycles. The van der Waals surface area contributed by atoms with Crippen LogP contribution in [0.2, 0.25) is 0 Å². The van der Waals surface area contributed by atoms with E-state index >= 15 is 0 Å². The van der Waals surface area contributed by atoms with Crippen LogP contribution in [0.3, 0.4) is 0 Å². The van der Waals surface area contributed by atoms with E-state index in [9.17, 15) is 4.79 Å². The zero-order valence-electron chi connectivity index (χ0n) is 20.0. The van der Waals surface area contributed by atoms with E-state index in [0.717, 1.165) is 22.4 Å². The number of hydrogen-bond acceptors (Lipinski definition) is 6. The molecule has 7 heteroatoms. The maximum atomic E-state index is 13.2. The number of benzene rings is 3. The summed E-state index contributed by atoms with van der Waals surface area (Å²) in [6.07, 6.45) is 0.435. The van der Waals surface area contributed by atoms with E-state index in [2.05, 4.69) is 10.1 Å². The first kappa shape index (κ1) is 24.2. The number of ether oxygens (including phenoxy) is 2. The van der Waals surface area contributed by atoms with Crippen molar-refractivity contribution in [3.05, 3.63) is 102 Å². The van der Waals surface area contributed by atoms with Crippen LogP contribution in [-0.2, 0) is 22.6 Å². The van der Waals surface area contributed by atoms with E-state index in [4.69, 9.17) is 14.0 Å². The van der Waals surface area contributed by atoms with Crippen LogP contribution < -0.4 is 4.74 Å². The van der Waals surface area contributed by atoms with Gasteiger partial charge < -0.3 is 18.9 Å². The predicted molar refractivity (Wildman–Crippen MR) is 133 cm³/mol. The molecular formula is C28H29N3O4. The zero-order chi connectivity index (χ0) is 24.5. The van der Waals surface area contributed by atoms with E-state index in [0.29, 0.717) is 31.3 Å². The first-order valence-electron chi connectivity index (χ1n) is 11.6. The summed E-state index contributed by atoms with van der Waals surface area (Å²) in [5.74, 6) is 1.64. The number of carbonyl (C=O) groups excluding carboxylic acids is 1. The standard InChI is InChI=1S/C28H29N3O4/c1-21(23-11-7-4-8-12-23)31(27(32)20-34-19-22-9-5-3-6-10-22)18-17-26-29-28(30-35-26)24-13-15-25(33-2)16-14-24/h3-16,21H,17-20H2,1-2H3. The quantitative estimate of drug-likeness (QED) is 0.303. The molecule has 35 heavy (non-hydrogen) atoms. The number of nitrogens with zero attached hydrogens (tertiary/aromatic N) is 3. The van der Waals surface area contributed by atoms with Crippen LogP contribution in [0.1, 0.15) is 30.0 Å². The second-order valence-corrected chi connectivity index (χ2v) is 8.14. The molecule has 1 amide bonds. The van der Waals surface area contributed by atoms with Gasteiger partial charge in [-0.25, -0.2) is 0 Å². The van der Waals surface area contributed by atoms with Crippen molar-refractivity contribution in [2.45, 2.75) is 26.0 Å². The maximum Gasteiger partial charge on any atom is 0.249 e. The van der Waals surface area contributed by atoms with Crippen molar-refractivity contribution in [1.29, 1.82) is 0 Å². The van der Waals surface area contributed by atoms with Crippen LogP contribution in [-0.4, -0.2) is 41.2 Å². The molecule has 0 saturated heterocycles. The van der Waals surface area contributed by atoms with Gasteiger partial charge in [0.1, 0.15) is 12.4 Å². The molecule has 0 aliphatic rings. The van der Waals surface area contributed by atoms with E-state index in [-0.39, 0.29) is 18.6 Å². The summed E-state index contributed by atoms with van der Waals surface area (Å²) in [6.45, 7) is 2.82. The molecule has 4 aromatic rings.